The van der Waals surface area contributed by atoms with Gasteiger partial charge in [0, 0.05) is 23.6 Å². The Labute approximate surface area is 79.8 Å². The third-order valence-electron chi connectivity index (χ3n) is 1.92. The smallest absolute Gasteiger partial charge is 0.263 e. The molecule has 0 atom stereocenters. The SMILES string of the molecule is FC(F)c1cccc(-n2ccnc2)c1. The summed E-state index contributed by atoms with van der Waals surface area (Å²) in [6.07, 6.45) is 2.46. The molecule has 0 spiro atoms. The molecule has 0 aliphatic rings. The molecule has 0 saturated carbocycles. The lowest BCUT2D eigenvalue weighted by molar-refractivity contribution is 0.151. The van der Waals surface area contributed by atoms with Crippen LogP contribution in [0.3, 0.4) is 0 Å². The third kappa shape index (κ3) is 1.64. The zero-order valence-electron chi connectivity index (χ0n) is 7.27. The molecule has 0 amide bonds. The van der Waals surface area contributed by atoms with Crippen molar-refractivity contribution in [2.24, 2.45) is 0 Å². The number of alkyl halides is 2. The number of nitrogens with zero attached hydrogens (tertiary/aromatic N) is 2. The van der Waals surface area contributed by atoms with Gasteiger partial charge in [0.25, 0.3) is 6.43 Å². The highest BCUT2D eigenvalue weighted by atomic mass is 19.3. The van der Waals surface area contributed by atoms with E-state index < -0.39 is 6.43 Å². The Morgan fingerprint density at radius 1 is 1.29 bits per heavy atom. The zero-order chi connectivity index (χ0) is 9.97. The Morgan fingerprint density at radius 2 is 2.14 bits per heavy atom. The van der Waals surface area contributed by atoms with E-state index in [9.17, 15) is 8.78 Å². The average Bonchev–Trinajstić information content (AvgIpc) is 2.71. The van der Waals surface area contributed by atoms with Crippen LogP contribution in [0, 0.1) is 0 Å². The molecule has 72 valence electrons. The molecule has 0 aliphatic carbocycles. The van der Waals surface area contributed by atoms with Gasteiger partial charge in [0.15, 0.2) is 0 Å². The molecule has 0 bridgehead atoms. The molecule has 2 aromatic rings. The Morgan fingerprint density at radius 3 is 2.79 bits per heavy atom. The first-order valence-electron chi connectivity index (χ1n) is 4.14. The Bertz CT molecular complexity index is 410. The van der Waals surface area contributed by atoms with Crippen molar-refractivity contribution in [3.8, 4) is 5.69 Å². The second-order valence-corrected chi connectivity index (χ2v) is 2.87. The van der Waals surface area contributed by atoms with E-state index in [2.05, 4.69) is 4.98 Å². The van der Waals surface area contributed by atoms with Gasteiger partial charge in [-0.3, -0.25) is 0 Å². The van der Waals surface area contributed by atoms with Crippen LogP contribution in [0.5, 0.6) is 0 Å². The van der Waals surface area contributed by atoms with Crippen LogP contribution in [0.15, 0.2) is 43.0 Å². The number of hydrogen-bond acceptors (Lipinski definition) is 1. The lowest BCUT2D eigenvalue weighted by atomic mass is 10.2. The van der Waals surface area contributed by atoms with Crippen LogP contribution in [-0.4, -0.2) is 9.55 Å². The van der Waals surface area contributed by atoms with Crippen molar-refractivity contribution in [1.82, 2.24) is 9.55 Å². The fourth-order valence-corrected chi connectivity index (χ4v) is 1.23. The molecule has 0 radical (unpaired) electrons. The van der Waals surface area contributed by atoms with Crippen LogP contribution < -0.4 is 0 Å². The highest BCUT2D eigenvalue weighted by Gasteiger charge is 2.07. The van der Waals surface area contributed by atoms with Crippen molar-refractivity contribution in [2.45, 2.75) is 6.43 Å². The van der Waals surface area contributed by atoms with E-state index in [-0.39, 0.29) is 5.56 Å². The summed E-state index contributed by atoms with van der Waals surface area (Å²) < 4.78 is 26.4. The number of hydrogen-bond donors (Lipinski definition) is 0. The molecule has 1 aromatic carbocycles. The quantitative estimate of drug-likeness (QED) is 0.718. The van der Waals surface area contributed by atoms with E-state index in [1.807, 2.05) is 0 Å². The maximum Gasteiger partial charge on any atom is 0.263 e. The first-order valence-corrected chi connectivity index (χ1v) is 4.14. The Hall–Kier alpha value is -1.71. The maximum absolute atomic E-state index is 12.4. The van der Waals surface area contributed by atoms with Crippen LogP contribution in [0.4, 0.5) is 8.78 Å². The highest BCUT2D eigenvalue weighted by Crippen LogP contribution is 2.20. The second kappa shape index (κ2) is 3.57. The summed E-state index contributed by atoms with van der Waals surface area (Å²) in [5.74, 6) is 0. The van der Waals surface area contributed by atoms with Crippen LogP contribution in [0.1, 0.15) is 12.0 Å². The predicted molar refractivity (Wildman–Crippen MR) is 48.5 cm³/mol. The van der Waals surface area contributed by atoms with Crippen LogP contribution in [-0.2, 0) is 0 Å². The van der Waals surface area contributed by atoms with Gasteiger partial charge in [0.2, 0.25) is 0 Å². The molecule has 2 rings (SSSR count). The van der Waals surface area contributed by atoms with Gasteiger partial charge in [-0.15, -0.1) is 0 Å². The molecular formula is C10H8F2N2. The molecule has 0 N–H and O–H groups in total. The van der Waals surface area contributed by atoms with Crippen molar-refractivity contribution in [1.29, 1.82) is 0 Å². The minimum Gasteiger partial charge on any atom is -0.306 e. The van der Waals surface area contributed by atoms with E-state index in [4.69, 9.17) is 0 Å². The first kappa shape index (κ1) is 8.87. The van der Waals surface area contributed by atoms with E-state index in [0.29, 0.717) is 5.69 Å². The predicted octanol–water partition coefficient (Wildman–Crippen LogP) is 2.81. The molecule has 1 aromatic heterocycles. The summed E-state index contributed by atoms with van der Waals surface area (Å²) in [7, 11) is 0. The van der Waals surface area contributed by atoms with E-state index in [1.165, 1.54) is 12.1 Å². The van der Waals surface area contributed by atoms with Gasteiger partial charge in [-0.05, 0) is 12.1 Å². The summed E-state index contributed by atoms with van der Waals surface area (Å²) in [5, 5.41) is 0. The minimum absolute atomic E-state index is 0.0243. The van der Waals surface area contributed by atoms with Crippen LogP contribution in [0.2, 0.25) is 0 Å². The van der Waals surface area contributed by atoms with E-state index in [0.717, 1.165) is 0 Å². The van der Waals surface area contributed by atoms with Gasteiger partial charge in [0.05, 0.1) is 6.33 Å². The molecule has 2 nitrogen and oxygen atoms in total. The van der Waals surface area contributed by atoms with Crippen molar-refractivity contribution in [2.75, 3.05) is 0 Å². The normalized spacial score (nSPS) is 10.8. The lowest BCUT2D eigenvalue weighted by Crippen LogP contribution is -1.92. The Balaban J connectivity index is 2.41. The molecule has 0 unspecified atom stereocenters. The number of benzene rings is 1. The molecular weight excluding hydrogens is 186 g/mol. The summed E-state index contributed by atoms with van der Waals surface area (Å²) in [5.41, 5.74) is 0.719. The van der Waals surface area contributed by atoms with E-state index in [1.54, 1.807) is 35.4 Å². The fourth-order valence-electron chi connectivity index (χ4n) is 1.23. The van der Waals surface area contributed by atoms with Crippen molar-refractivity contribution >= 4 is 0 Å². The topological polar surface area (TPSA) is 17.8 Å². The molecule has 0 saturated heterocycles. The number of imidazole rings is 1. The van der Waals surface area contributed by atoms with E-state index >= 15 is 0 Å². The van der Waals surface area contributed by atoms with Crippen molar-refractivity contribution < 1.29 is 8.78 Å². The summed E-state index contributed by atoms with van der Waals surface area (Å²) in [6.45, 7) is 0. The fraction of sp³-hybridized carbons (Fsp3) is 0.100. The first-order chi connectivity index (χ1) is 6.77. The minimum atomic E-state index is -2.43. The zero-order valence-corrected chi connectivity index (χ0v) is 7.27. The van der Waals surface area contributed by atoms with Gasteiger partial charge in [-0.1, -0.05) is 12.1 Å². The van der Waals surface area contributed by atoms with Crippen molar-refractivity contribution in [3.05, 3.63) is 48.5 Å². The molecule has 4 heteroatoms. The number of halogens is 2. The van der Waals surface area contributed by atoms with Gasteiger partial charge in [-0.25, -0.2) is 13.8 Å². The standard InChI is InChI=1S/C10H8F2N2/c11-10(12)8-2-1-3-9(6-8)14-5-4-13-7-14/h1-7,10H. The number of aromatic nitrogens is 2. The average molecular weight is 194 g/mol. The lowest BCUT2D eigenvalue weighted by Gasteiger charge is -2.04. The van der Waals surface area contributed by atoms with Crippen molar-refractivity contribution in [3.63, 3.8) is 0 Å². The highest BCUT2D eigenvalue weighted by molar-refractivity contribution is 5.36. The van der Waals surface area contributed by atoms with Crippen LogP contribution >= 0.6 is 0 Å². The van der Waals surface area contributed by atoms with Gasteiger partial charge in [0.1, 0.15) is 0 Å². The van der Waals surface area contributed by atoms with Gasteiger partial charge in [-0.2, -0.15) is 0 Å². The maximum atomic E-state index is 12.4. The van der Waals surface area contributed by atoms with Crippen LogP contribution in [0.25, 0.3) is 5.69 Å². The largest absolute Gasteiger partial charge is 0.306 e. The third-order valence-corrected chi connectivity index (χ3v) is 1.92. The summed E-state index contributed by atoms with van der Waals surface area (Å²) in [4.78, 5) is 3.85. The molecule has 0 fully saturated rings. The monoisotopic (exact) mass is 194 g/mol. The van der Waals surface area contributed by atoms with Gasteiger partial charge >= 0.3 is 0 Å². The summed E-state index contributed by atoms with van der Waals surface area (Å²) >= 11 is 0. The summed E-state index contributed by atoms with van der Waals surface area (Å²) in [6, 6.07) is 6.22. The molecule has 1 heterocycles. The Kier molecular flexibility index (Phi) is 2.26. The second-order valence-electron chi connectivity index (χ2n) is 2.87. The molecule has 14 heavy (non-hydrogen) atoms. The number of rotatable bonds is 2. The van der Waals surface area contributed by atoms with Gasteiger partial charge < -0.3 is 4.57 Å². The molecule has 0 aliphatic heterocycles.